The lowest BCUT2D eigenvalue weighted by Crippen LogP contribution is -2.15. The second kappa shape index (κ2) is 7.41. The molecule has 0 bridgehead atoms. The molecule has 1 aromatic rings. The van der Waals surface area contributed by atoms with Gasteiger partial charge in [-0.1, -0.05) is 6.07 Å². The molecule has 1 aromatic carbocycles. The Bertz CT molecular complexity index is 459. The summed E-state index contributed by atoms with van der Waals surface area (Å²) in [5, 5.41) is 0. The number of halogens is 1. The molecule has 0 radical (unpaired) electrons. The zero-order chi connectivity index (χ0) is 14.5. The van der Waals surface area contributed by atoms with Gasteiger partial charge < -0.3 is 19.5 Å². The first kappa shape index (κ1) is 16.7. The first-order valence-electron chi connectivity index (χ1n) is 5.96. The fourth-order valence-electron chi connectivity index (χ4n) is 1.61. The monoisotopic (exact) mass is 351 g/mol. The lowest BCUT2D eigenvalue weighted by molar-refractivity contribution is 0.212. The Balaban J connectivity index is 3.06. The first-order chi connectivity index (χ1) is 8.98. The van der Waals surface area contributed by atoms with Crippen molar-refractivity contribution in [2.75, 3.05) is 20.3 Å². The predicted octanol–water partition coefficient (Wildman–Crippen LogP) is 3.68. The molecule has 0 aliphatic carbocycles. The summed E-state index contributed by atoms with van der Waals surface area (Å²) in [6, 6.07) is 5.26. The van der Waals surface area contributed by atoms with Crippen LogP contribution in [0.5, 0.6) is 5.75 Å². The molecule has 19 heavy (non-hydrogen) atoms. The van der Waals surface area contributed by atoms with E-state index in [0.29, 0.717) is 11.3 Å². The highest BCUT2D eigenvalue weighted by Gasteiger charge is 2.34. The molecule has 5 nitrogen and oxygen atoms in total. The van der Waals surface area contributed by atoms with Gasteiger partial charge in [0.05, 0.1) is 24.8 Å². The minimum absolute atomic E-state index is 0.280. The van der Waals surface area contributed by atoms with E-state index in [1.54, 1.807) is 39.2 Å². The van der Waals surface area contributed by atoms with Crippen molar-refractivity contribution in [2.45, 2.75) is 19.6 Å². The van der Waals surface area contributed by atoms with Gasteiger partial charge in [-0.2, -0.15) is 0 Å². The smallest absolute Gasteiger partial charge is 0.351 e. The highest BCUT2D eigenvalue weighted by atomic mass is 79.9. The third-order valence-corrected chi connectivity index (χ3v) is 5.31. The van der Waals surface area contributed by atoms with Crippen LogP contribution < -0.4 is 10.5 Å². The summed E-state index contributed by atoms with van der Waals surface area (Å²) in [6.45, 7) is 4.06. The van der Waals surface area contributed by atoms with Crippen molar-refractivity contribution in [2.24, 2.45) is 5.73 Å². The maximum atomic E-state index is 12.6. The van der Waals surface area contributed by atoms with Crippen molar-refractivity contribution in [1.29, 1.82) is 0 Å². The Labute approximate surface area is 122 Å². The Hall–Kier alpha value is -0.390. The summed E-state index contributed by atoms with van der Waals surface area (Å²) in [5.74, 6) is -0.145. The van der Waals surface area contributed by atoms with Gasteiger partial charge in [0.2, 0.25) is 0 Å². The van der Waals surface area contributed by atoms with Gasteiger partial charge in [0.25, 0.3) is 0 Å². The maximum absolute atomic E-state index is 12.6. The molecule has 0 aliphatic heterocycles. The highest BCUT2D eigenvalue weighted by molar-refractivity contribution is 9.10. The molecule has 1 atom stereocenters. The summed E-state index contributed by atoms with van der Waals surface area (Å²) in [6.07, 6.45) is 0. The number of hydrogen-bond donors (Lipinski definition) is 1. The molecular formula is C12H19BrNO4P. The number of rotatable bonds is 7. The second-order valence-electron chi connectivity index (χ2n) is 3.71. The van der Waals surface area contributed by atoms with Gasteiger partial charge in [-0.15, -0.1) is 0 Å². The molecule has 0 unspecified atom stereocenters. The summed E-state index contributed by atoms with van der Waals surface area (Å²) < 4.78 is 28.9. The molecule has 1 rings (SSSR count). The van der Waals surface area contributed by atoms with Gasteiger partial charge in [0.15, 0.2) is 0 Å². The number of ether oxygens (including phenoxy) is 1. The van der Waals surface area contributed by atoms with Crippen molar-refractivity contribution < 1.29 is 18.3 Å². The molecule has 7 heteroatoms. The van der Waals surface area contributed by atoms with Crippen molar-refractivity contribution in [3.05, 3.63) is 28.2 Å². The average molecular weight is 352 g/mol. The summed E-state index contributed by atoms with van der Waals surface area (Å²) in [5.41, 5.74) is 6.70. The van der Waals surface area contributed by atoms with Crippen molar-refractivity contribution >= 4 is 23.5 Å². The lowest BCUT2D eigenvalue weighted by atomic mass is 10.2. The normalized spacial score (nSPS) is 13.3. The molecule has 2 N–H and O–H groups in total. The van der Waals surface area contributed by atoms with E-state index in [1.807, 2.05) is 0 Å². The molecule has 0 fully saturated rings. The van der Waals surface area contributed by atoms with Crippen molar-refractivity contribution in [1.82, 2.24) is 0 Å². The molecular weight excluding hydrogens is 333 g/mol. The quantitative estimate of drug-likeness (QED) is 0.758. The number of hydrogen-bond acceptors (Lipinski definition) is 5. The van der Waals surface area contributed by atoms with E-state index in [0.717, 1.165) is 4.47 Å². The Morgan fingerprint density at radius 1 is 1.32 bits per heavy atom. The predicted molar refractivity (Wildman–Crippen MR) is 78.5 cm³/mol. The zero-order valence-corrected chi connectivity index (χ0v) is 13.7. The van der Waals surface area contributed by atoms with Crippen LogP contribution in [0.2, 0.25) is 0 Å². The van der Waals surface area contributed by atoms with E-state index < -0.39 is 13.4 Å². The average Bonchev–Trinajstić information content (AvgIpc) is 2.38. The SMILES string of the molecule is CCOP(=O)(OCC)[C@H](N)c1ccc(OC)c(Br)c1. The maximum Gasteiger partial charge on any atom is 0.351 e. The van der Waals surface area contributed by atoms with Crippen LogP contribution in [0.3, 0.4) is 0 Å². The summed E-state index contributed by atoms with van der Waals surface area (Å²) in [7, 11) is -1.79. The standard InChI is InChI=1S/C12H19BrNO4P/c1-4-17-19(15,18-5-2)12(14)9-6-7-11(16-3)10(13)8-9/h6-8,12H,4-5,14H2,1-3H3/t12-/m0/s1. The van der Waals surface area contributed by atoms with Crippen LogP contribution in [-0.2, 0) is 13.6 Å². The fourth-order valence-corrected chi connectivity index (χ4v) is 3.81. The third-order valence-electron chi connectivity index (χ3n) is 2.48. The van der Waals surface area contributed by atoms with Gasteiger partial charge >= 0.3 is 7.60 Å². The molecule has 0 saturated heterocycles. The molecule has 0 heterocycles. The molecule has 0 saturated carbocycles. The van der Waals surface area contributed by atoms with Crippen molar-refractivity contribution in [3.63, 3.8) is 0 Å². The van der Waals surface area contributed by atoms with Crippen LogP contribution in [0.15, 0.2) is 22.7 Å². The van der Waals surface area contributed by atoms with Gasteiger partial charge in [-0.25, -0.2) is 0 Å². The molecule has 0 aromatic heterocycles. The molecule has 0 spiro atoms. The van der Waals surface area contributed by atoms with E-state index >= 15 is 0 Å². The van der Waals surface area contributed by atoms with Crippen LogP contribution in [0.4, 0.5) is 0 Å². The van der Waals surface area contributed by atoms with Gasteiger partial charge in [-0.05, 0) is 47.5 Å². The van der Waals surface area contributed by atoms with Gasteiger partial charge in [0.1, 0.15) is 11.5 Å². The Kier molecular flexibility index (Phi) is 6.50. The largest absolute Gasteiger partial charge is 0.496 e. The van der Waals surface area contributed by atoms with E-state index in [-0.39, 0.29) is 13.2 Å². The van der Waals surface area contributed by atoms with Crippen LogP contribution in [0, 0.1) is 0 Å². The number of methoxy groups -OCH3 is 1. The van der Waals surface area contributed by atoms with E-state index in [9.17, 15) is 4.57 Å². The first-order valence-corrected chi connectivity index (χ1v) is 8.36. The lowest BCUT2D eigenvalue weighted by Gasteiger charge is -2.23. The number of nitrogens with two attached hydrogens (primary N) is 1. The number of benzene rings is 1. The molecule has 0 aliphatic rings. The minimum Gasteiger partial charge on any atom is -0.496 e. The van der Waals surface area contributed by atoms with E-state index in [2.05, 4.69) is 15.9 Å². The van der Waals surface area contributed by atoms with Crippen LogP contribution in [0.1, 0.15) is 25.2 Å². The third kappa shape index (κ3) is 4.04. The van der Waals surface area contributed by atoms with Crippen molar-refractivity contribution in [3.8, 4) is 5.75 Å². The van der Waals surface area contributed by atoms with Gasteiger partial charge in [0, 0.05) is 0 Å². The zero-order valence-electron chi connectivity index (χ0n) is 11.3. The van der Waals surface area contributed by atoms with Gasteiger partial charge in [-0.3, -0.25) is 4.57 Å². The van der Waals surface area contributed by atoms with Crippen LogP contribution >= 0.6 is 23.5 Å². The Morgan fingerprint density at radius 3 is 2.32 bits per heavy atom. The minimum atomic E-state index is -3.36. The fraction of sp³-hybridized carbons (Fsp3) is 0.500. The molecule has 0 amide bonds. The summed E-state index contributed by atoms with van der Waals surface area (Å²) >= 11 is 3.37. The summed E-state index contributed by atoms with van der Waals surface area (Å²) in [4.78, 5) is 0. The second-order valence-corrected chi connectivity index (χ2v) is 6.72. The van der Waals surface area contributed by atoms with E-state index in [1.165, 1.54) is 0 Å². The topological polar surface area (TPSA) is 70.8 Å². The highest BCUT2D eigenvalue weighted by Crippen LogP contribution is 2.58. The van der Waals surface area contributed by atoms with Crippen LogP contribution in [-0.4, -0.2) is 20.3 Å². The Morgan fingerprint density at radius 2 is 1.89 bits per heavy atom. The molecule has 108 valence electrons. The van der Waals surface area contributed by atoms with E-state index in [4.69, 9.17) is 19.5 Å². The van der Waals surface area contributed by atoms with Crippen LogP contribution in [0.25, 0.3) is 0 Å².